The molecule has 231 valence electrons. The van der Waals surface area contributed by atoms with Gasteiger partial charge in [-0.15, -0.1) is 30.0 Å². The number of pyridine rings is 1. The quantitative estimate of drug-likeness (QED) is 0.126. The Balaban J connectivity index is 0.000000682. The SMILES string of the molecule is CC(=O)C=C(C)O.CC(C)c1cccc(C(C)C)c1[N-]C(C)(C)c1ccccn1.[CH2-]c1ccccc1.[CH2-]c1ccccc1.[Zr+3]. The first-order valence-corrected chi connectivity index (χ1v) is 14.6. The third-order valence-corrected chi connectivity index (χ3v) is 6.12. The van der Waals surface area contributed by atoms with Crippen molar-refractivity contribution in [3.63, 3.8) is 0 Å². The number of aliphatic hydroxyl groups excluding tert-OH is 1. The van der Waals surface area contributed by atoms with Crippen molar-refractivity contribution in [1.82, 2.24) is 4.98 Å². The Morgan fingerprint density at radius 1 is 0.750 bits per heavy atom. The van der Waals surface area contributed by atoms with Crippen LogP contribution in [-0.2, 0) is 36.5 Å². The van der Waals surface area contributed by atoms with Gasteiger partial charge in [-0.05, 0) is 37.8 Å². The summed E-state index contributed by atoms with van der Waals surface area (Å²) < 4.78 is 0. The molecule has 0 saturated carbocycles. The summed E-state index contributed by atoms with van der Waals surface area (Å²) in [4.78, 5) is 14.5. The Bertz CT molecular complexity index is 1300. The molecule has 3 aromatic carbocycles. The standard InChI is InChI=1S/C20H27N2.2C7H7.C5H8O2.Zr/c1-14(2)16-10-9-11-17(15(3)4)19(16)22-20(5,6)18-12-7-8-13-21-18;2*1-7-5-3-2-4-6-7;1-4(6)3-5(2)7;/h7-15H,1-6H3;2*2-6H,1H2;3,6H,1-2H3;/q3*-1;;+3. The van der Waals surface area contributed by atoms with Gasteiger partial charge in [-0.3, -0.25) is 9.78 Å². The molecule has 4 rings (SSSR count). The van der Waals surface area contributed by atoms with Crippen molar-refractivity contribution >= 4 is 11.5 Å². The van der Waals surface area contributed by atoms with E-state index in [1.54, 1.807) is 0 Å². The minimum atomic E-state index is -0.337. The average molecular weight is 669 g/mol. The Kier molecular flexibility index (Phi) is 19.5. The van der Waals surface area contributed by atoms with Gasteiger partial charge in [0, 0.05) is 18.0 Å². The normalized spacial score (nSPS) is 10.5. The molecule has 0 bridgehead atoms. The summed E-state index contributed by atoms with van der Waals surface area (Å²) >= 11 is 0. The summed E-state index contributed by atoms with van der Waals surface area (Å²) in [6, 6.07) is 32.3. The van der Waals surface area contributed by atoms with Crippen LogP contribution >= 0.6 is 0 Å². The van der Waals surface area contributed by atoms with Crippen LogP contribution in [0.4, 0.5) is 5.69 Å². The maximum absolute atomic E-state index is 10.0. The second kappa shape index (κ2) is 21.2. The minimum absolute atomic E-state index is 0. The number of para-hydroxylation sites is 1. The number of ketones is 1. The molecule has 0 fully saturated rings. The van der Waals surface area contributed by atoms with Gasteiger partial charge >= 0.3 is 26.2 Å². The topological polar surface area (TPSA) is 64.3 Å². The second-order valence-electron chi connectivity index (χ2n) is 11.3. The van der Waals surface area contributed by atoms with Crippen LogP contribution in [0.3, 0.4) is 0 Å². The minimum Gasteiger partial charge on any atom is -0.674 e. The van der Waals surface area contributed by atoms with Gasteiger partial charge in [-0.2, -0.15) is 49.2 Å². The Labute approximate surface area is 286 Å². The van der Waals surface area contributed by atoms with E-state index in [-0.39, 0.29) is 43.3 Å². The number of hydrogen-bond acceptors (Lipinski definition) is 3. The Morgan fingerprint density at radius 3 is 1.45 bits per heavy atom. The molecule has 44 heavy (non-hydrogen) atoms. The molecule has 1 N–H and O–H groups in total. The summed E-state index contributed by atoms with van der Waals surface area (Å²) in [5.41, 5.74) is 6.58. The van der Waals surface area contributed by atoms with Crippen molar-refractivity contribution in [1.29, 1.82) is 0 Å². The molecule has 0 saturated heterocycles. The van der Waals surface area contributed by atoms with Crippen molar-refractivity contribution in [3.8, 4) is 0 Å². The van der Waals surface area contributed by atoms with Crippen LogP contribution < -0.4 is 0 Å². The first kappa shape index (κ1) is 40.4. The average Bonchev–Trinajstić information content (AvgIpc) is 2.94. The molecule has 0 amide bonds. The van der Waals surface area contributed by atoms with Gasteiger partial charge in [0.15, 0.2) is 5.78 Å². The van der Waals surface area contributed by atoms with Crippen molar-refractivity contribution < 1.29 is 36.1 Å². The first-order chi connectivity index (χ1) is 20.2. The van der Waals surface area contributed by atoms with Gasteiger partial charge < -0.3 is 10.4 Å². The molecule has 0 aliphatic carbocycles. The molecule has 1 radical (unpaired) electrons. The van der Waals surface area contributed by atoms with Crippen molar-refractivity contribution in [2.24, 2.45) is 0 Å². The van der Waals surface area contributed by atoms with Crippen molar-refractivity contribution in [2.75, 3.05) is 0 Å². The van der Waals surface area contributed by atoms with Gasteiger partial charge in [-0.25, -0.2) is 0 Å². The number of benzene rings is 3. The Morgan fingerprint density at radius 2 is 1.18 bits per heavy atom. The number of rotatable bonds is 6. The van der Waals surface area contributed by atoms with Crippen LogP contribution in [-0.4, -0.2) is 15.9 Å². The van der Waals surface area contributed by atoms with E-state index >= 15 is 0 Å². The van der Waals surface area contributed by atoms with E-state index in [1.807, 2.05) is 79.0 Å². The third-order valence-electron chi connectivity index (χ3n) is 6.12. The van der Waals surface area contributed by atoms with Gasteiger partial charge in [0.2, 0.25) is 0 Å². The monoisotopic (exact) mass is 667 g/mol. The summed E-state index contributed by atoms with van der Waals surface area (Å²) in [6.07, 6.45) is 3.00. The van der Waals surface area contributed by atoms with Gasteiger partial charge in [0.05, 0.1) is 5.76 Å². The molecule has 0 aliphatic rings. The van der Waals surface area contributed by atoms with E-state index in [9.17, 15) is 4.79 Å². The first-order valence-electron chi connectivity index (χ1n) is 14.6. The van der Waals surface area contributed by atoms with Crippen molar-refractivity contribution in [3.05, 3.63) is 162 Å². The van der Waals surface area contributed by atoms with E-state index < -0.39 is 0 Å². The van der Waals surface area contributed by atoms with Crippen molar-refractivity contribution in [2.45, 2.75) is 72.8 Å². The number of carbonyl (C=O) groups excluding carboxylic acids is 1. The van der Waals surface area contributed by atoms with Crippen LogP contribution in [0.2, 0.25) is 0 Å². The number of hydrogen-bond donors (Lipinski definition) is 1. The summed E-state index contributed by atoms with van der Waals surface area (Å²) in [5.74, 6) is 0.849. The van der Waals surface area contributed by atoms with Gasteiger partial charge in [0.25, 0.3) is 0 Å². The number of nitrogens with zero attached hydrogens (tertiary/aromatic N) is 2. The maximum atomic E-state index is 10.0. The second-order valence-corrected chi connectivity index (χ2v) is 11.3. The number of aliphatic hydroxyl groups is 1. The van der Waals surface area contributed by atoms with Crippen LogP contribution in [0.25, 0.3) is 5.32 Å². The molecule has 1 heterocycles. The van der Waals surface area contributed by atoms with Crippen LogP contribution in [0.1, 0.15) is 95.2 Å². The molecule has 0 spiro atoms. The van der Waals surface area contributed by atoms with E-state index in [2.05, 4.69) is 84.6 Å². The fourth-order valence-corrected chi connectivity index (χ4v) is 3.95. The summed E-state index contributed by atoms with van der Waals surface area (Å²) in [5, 5.41) is 13.5. The molecule has 1 aromatic heterocycles. The van der Waals surface area contributed by atoms with E-state index in [0.717, 1.165) is 22.5 Å². The number of allylic oxidation sites excluding steroid dienone is 2. The molecular weight excluding hydrogens is 620 g/mol. The van der Waals surface area contributed by atoms with Crippen LogP contribution in [0.15, 0.2) is 115 Å². The summed E-state index contributed by atoms with van der Waals surface area (Å²) in [6.45, 7) is 23.5. The number of aromatic nitrogens is 1. The molecular formula is C39H49N2O2Zr. The van der Waals surface area contributed by atoms with Gasteiger partial charge in [-0.1, -0.05) is 94.6 Å². The molecule has 4 nitrogen and oxygen atoms in total. The molecule has 0 unspecified atom stereocenters. The largest absolute Gasteiger partial charge is 3.00 e. The Hall–Kier alpha value is -3.56. The number of carbonyl (C=O) groups is 1. The van der Waals surface area contributed by atoms with Crippen LogP contribution in [0, 0.1) is 13.8 Å². The molecule has 0 aliphatic heterocycles. The van der Waals surface area contributed by atoms with E-state index in [0.29, 0.717) is 11.8 Å². The molecule has 5 heteroatoms. The predicted molar refractivity (Wildman–Crippen MR) is 184 cm³/mol. The molecule has 0 atom stereocenters. The van der Waals surface area contributed by atoms with Gasteiger partial charge in [0.1, 0.15) is 0 Å². The zero-order valence-electron chi connectivity index (χ0n) is 27.7. The van der Waals surface area contributed by atoms with E-state index in [1.165, 1.54) is 31.1 Å². The predicted octanol–water partition coefficient (Wildman–Crippen LogP) is 11.0. The smallest absolute Gasteiger partial charge is 0.674 e. The fourth-order valence-electron chi connectivity index (χ4n) is 3.95. The zero-order chi connectivity index (χ0) is 32.4. The van der Waals surface area contributed by atoms with E-state index in [4.69, 9.17) is 10.4 Å². The third kappa shape index (κ3) is 16.3. The van der Waals surface area contributed by atoms with Crippen LogP contribution in [0.5, 0.6) is 0 Å². The fraction of sp³-hybridized carbons (Fsp3) is 0.282. The zero-order valence-corrected chi connectivity index (χ0v) is 30.2. The summed E-state index contributed by atoms with van der Waals surface area (Å²) in [7, 11) is 0. The molecule has 4 aromatic rings. The maximum Gasteiger partial charge on any atom is 3.00 e.